The molecule has 0 aromatic carbocycles. The fourth-order valence-corrected chi connectivity index (χ4v) is 4.05. The lowest BCUT2D eigenvalue weighted by atomic mass is 10.2. The van der Waals surface area contributed by atoms with Gasteiger partial charge in [0.25, 0.3) is 0 Å². The number of piperazine rings is 1. The van der Waals surface area contributed by atoms with E-state index in [-0.39, 0.29) is 0 Å². The summed E-state index contributed by atoms with van der Waals surface area (Å²) in [7, 11) is 0. The topological polar surface area (TPSA) is 44.3 Å². The molecular formula is C17H27N5S. The Morgan fingerprint density at radius 2 is 2.00 bits per heavy atom. The van der Waals surface area contributed by atoms with Crippen LogP contribution in [-0.2, 0) is 6.42 Å². The molecule has 0 aliphatic carbocycles. The number of hydrogen-bond acceptors (Lipinski definition) is 6. The Bertz CT molecular complexity index is 633. The third-order valence-electron chi connectivity index (χ3n) is 4.77. The number of anilines is 1. The lowest BCUT2D eigenvalue weighted by Crippen LogP contribution is -2.51. The van der Waals surface area contributed by atoms with Gasteiger partial charge in [0.1, 0.15) is 17.0 Å². The summed E-state index contributed by atoms with van der Waals surface area (Å²) in [6.45, 7) is 13.5. The summed E-state index contributed by atoms with van der Waals surface area (Å²) in [5.74, 6) is 0.977. The van der Waals surface area contributed by atoms with Gasteiger partial charge in [0, 0.05) is 43.6 Å². The van der Waals surface area contributed by atoms with Crippen LogP contribution >= 0.6 is 11.3 Å². The van der Waals surface area contributed by atoms with E-state index in [9.17, 15) is 0 Å². The minimum atomic E-state index is 0.517. The van der Waals surface area contributed by atoms with Gasteiger partial charge in [0.2, 0.25) is 0 Å². The van der Waals surface area contributed by atoms with E-state index in [4.69, 9.17) is 0 Å². The van der Waals surface area contributed by atoms with Crippen molar-refractivity contribution in [3.8, 4) is 0 Å². The SMILES string of the molecule is CCc1cc2c(NC[C@H](C)N3CCN(CC)CC3)ncnc2s1. The van der Waals surface area contributed by atoms with Crippen molar-refractivity contribution in [1.82, 2.24) is 19.8 Å². The third-order valence-corrected chi connectivity index (χ3v) is 5.96. The number of nitrogens with one attached hydrogen (secondary N) is 1. The van der Waals surface area contributed by atoms with Gasteiger partial charge in [0.05, 0.1) is 5.39 Å². The summed E-state index contributed by atoms with van der Waals surface area (Å²) in [6.07, 6.45) is 2.73. The molecule has 1 atom stereocenters. The Morgan fingerprint density at radius 1 is 1.22 bits per heavy atom. The standard InChI is InChI=1S/C17H27N5S/c1-4-14-10-15-16(19-12-20-17(15)23-14)18-11-13(3)22-8-6-21(5-2)7-9-22/h10,12-13H,4-9,11H2,1-3H3,(H,18,19,20)/t13-/m0/s1. The van der Waals surface area contributed by atoms with Crippen LogP contribution in [0.5, 0.6) is 0 Å². The fourth-order valence-electron chi connectivity index (χ4n) is 3.11. The van der Waals surface area contributed by atoms with Gasteiger partial charge in [-0.25, -0.2) is 9.97 Å². The molecule has 1 aliphatic heterocycles. The highest BCUT2D eigenvalue weighted by Crippen LogP contribution is 2.28. The maximum atomic E-state index is 4.45. The molecule has 6 heteroatoms. The van der Waals surface area contributed by atoms with Crippen LogP contribution in [0.4, 0.5) is 5.82 Å². The minimum Gasteiger partial charge on any atom is -0.368 e. The van der Waals surface area contributed by atoms with Crippen molar-refractivity contribution in [1.29, 1.82) is 0 Å². The number of likely N-dealkylation sites (N-methyl/N-ethyl adjacent to an activating group) is 1. The Labute approximate surface area is 142 Å². The number of aromatic nitrogens is 2. The van der Waals surface area contributed by atoms with Gasteiger partial charge >= 0.3 is 0 Å². The van der Waals surface area contributed by atoms with Crippen LogP contribution in [0.1, 0.15) is 25.6 Å². The number of thiophene rings is 1. The van der Waals surface area contributed by atoms with Crippen LogP contribution < -0.4 is 5.32 Å². The Balaban J connectivity index is 1.61. The molecule has 2 aromatic rings. The Morgan fingerprint density at radius 3 is 2.70 bits per heavy atom. The lowest BCUT2D eigenvalue weighted by Gasteiger charge is -2.37. The van der Waals surface area contributed by atoms with Gasteiger partial charge in [-0.15, -0.1) is 11.3 Å². The first-order valence-electron chi connectivity index (χ1n) is 8.65. The summed E-state index contributed by atoms with van der Waals surface area (Å²) in [4.78, 5) is 16.4. The van der Waals surface area contributed by atoms with E-state index in [1.807, 2.05) is 0 Å². The highest BCUT2D eigenvalue weighted by Gasteiger charge is 2.20. The minimum absolute atomic E-state index is 0.517. The molecule has 3 heterocycles. The number of nitrogens with zero attached hydrogens (tertiary/aromatic N) is 4. The zero-order chi connectivity index (χ0) is 16.2. The average molecular weight is 334 g/mol. The molecule has 5 nitrogen and oxygen atoms in total. The molecule has 126 valence electrons. The molecule has 0 amide bonds. The number of hydrogen-bond donors (Lipinski definition) is 1. The van der Waals surface area contributed by atoms with Crippen LogP contribution in [0.3, 0.4) is 0 Å². The van der Waals surface area contributed by atoms with Gasteiger partial charge in [-0.05, 0) is 26.0 Å². The van der Waals surface area contributed by atoms with Gasteiger partial charge in [-0.2, -0.15) is 0 Å². The highest BCUT2D eigenvalue weighted by molar-refractivity contribution is 7.18. The molecular weight excluding hydrogens is 306 g/mol. The van der Waals surface area contributed by atoms with Crippen LogP contribution in [0.15, 0.2) is 12.4 Å². The van der Waals surface area contributed by atoms with Crippen molar-refractivity contribution in [3.63, 3.8) is 0 Å². The summed E-state index contributed by atoms with van der Waals surface area (Å²) < 4.78 is 0. The number of aryl methyl sites for hydroxylation is 1. The molecule has 23 heavy (non-hydrogen) atoms. The smallest absolute Gasteiger partial charge is 0.138 e. The molecule has 0 bridgehead atoms. The van der Waals surface area contributed by atoms with E-state index in [1.54, 1.807) is 17.7 Å². The van der Waals surface area contributed by atoms with E-state index in [0.717, 1.165) is 48.6 Å². The van der Waals surface area contributed by atoms with Crippen molar-refractivity contribution in [2.75, 3.05) is 44.6 Å². The van der Waals surface area contributed by atoms with Crippen molar-refractivity contribution in [2.24, 2.45) is 0 Å². The normalized spacial score (nSPS) is 18.4. The highest BCUT2D eigenvalue weighted by atomic mass is 32.1. The van der Waals surface area contributed by atoms with Crippen molar-refractivity contribution in [2.45, 2.75) is 33.2 Å². The molecule has 1 fully saturated rings. The first-order chi connectivity index (χ1) is 11.2. The van der Waals surface area contributed by atoms with E-state index in [1.165, 1.54) is 18.0 Å². The average Bonchev–Trinajstić information content (AvgIpc) is 3.03. The maximum Gasteiger partial charge on any atom is 0.138 e. The second-order valence-corrected chi connectivity index (χ2v) is 7.32. The second-order valence-electron chi connectivity index (χ2n) is 6.21. The second kappa shape index (κ2) is 7.55. The molecule has 0 spiro atoms. The molecule has 1 saturated heterocycles. The monoisotopic (exact) mass is 333 g/mol. The van der Waals surface area contributed by atoms with Crippen molar-refractivity contribution < 1.29 is 0 Å². The molecule has 0 unspecified atom stereocenters. The van der Waals surface area contributed by atoms with Crippen molar-refractivity contribution in [3.05, 3.63) is 17.3 Å². The van der Waals surface area contributed by atoms with Crippen LogP contribution in [0.25, 0.3) is 10.2 Å². The van der Waals surface area contributed by atoms with Crippen LogP contribution in [0, 0.1) is 0 Å². The third kappa shape index (κ3) is 3.82. The lowest BCUT2D eigenvalue weighted by molar-refractivity contribution is 0.110. The first kappa shape index (κ1) is 16.6. The van der Waals surface area contributed by atoms with Crippen LogP contribution in [0.2, 0.25) is 0 Å². The molecule has 3 rings (SSSR count). The maximum absolute atomic E-state index is 4.45. The van der Waals surface area contributed by atoms with E-state index < -0.39 is 0 Å². The summed E-state index contributed by atoms with van der Waals surface area (Å²) in [6, 6.07) is 2.75. The Hall–Kier alpha value is -1.24. The summed E-state index contributed by atoms with van der Waals surface area (Å²) in [5.41, 5.74) is 0. The van der Waals surface area contributed by atoms with Crippen molar-refractivity contribution >= 4 is 27.4 Å². The quantitative estimate of drug-likeness (QED) is 0.880. The van der Waals surface area contributed by atoms with E-state index in [2.05, 4.69) is 51.9 Å². The number of rotatable bonds is 6. The first-order valence-corrected chi connectivity index (χ1v) is 9.46. The van der Waals surface area contributed by atoms with Gasteiger partial charge < -0.3 is 10.2 Å². The fraction of sp³-hybridized carbons (Fsp3) is 0.647. The zero-order valence-electron chi connectivity index (χ0n) is 14.4. The molecule has 2 aromatic heterocycles. The molecule has 0 radical (unpaired) electrons. The largest absolute Gasteiger partial charge is 0.368 e. The summed E-state index contributed by atoms with van der Waals surface area (Å²) >= 11 is 1.77. The van der Waals surface area contributed by atoms with Gasteiger partial charge in [-0.1, -0.05) is 13.8 Å². The number of fused-ring (bicyclic) bond motifs is 1. The predicted octanol–water partition coefficient (Wildman–Crippen LogP) is 2.69. The zero-order valence-corrected chi connectivity index (χ0v) is 15.2. The van der Waals surface area contributed by atoms with Crippen LogP contribution in [-0.4, -0.2) is 65.1 Å². The molecule has 1 aliphatic rings. The molecule has 0 saturated carbocycles. The molecule has 1 N–H and O–H groups in total. The predicted molar refractivity (Wildman–Crippen MR) is 98.4 cm³/mol. The van der Waals surface area contributed by atoms with Gasteiger partial charge in [0.15, 0.2) is 0 Å². The Kier molecular flexibility index (Phi) is 5.46. The van der Waals surface area contributed by atoms with E-state index >= 15 is 0 Å². The summed E-state index contributed by atoms with van der Waals surface area (Å²) in [5, 5.41) is 4.71. The van der Waals surface area contributed by atoms with E-state index in [0.29, 0.717) is 6.04 Å². The van der Waals surface area contributed by atoms with Gasteiger partial charge in [-0.3, -0.25) is 4.90 Å².